The number of carbonyl (C=O) groups excluding carboxylic acids is 1. The molecule has 2 atom stereocenters. The minimum Gasteiger partial charge on any atom is -0.495 e. The Morgan fingerprint density at radius 2 is 2.35 bits per heavy atom. The highest BCUT2D eigenvalue weighted by molar-refractivity contribution is 6.32. The standard InChI is InChI=1S/C15H20ClNO3/c1-10-12(4-3-7-20-10)15(18)17-9-11-5-6-14(19-2)13(16)8-11/h5-6,8,10,12H,3-4,7,9H2,1-2H3,(H,17,18)/t10-,12-/m0/s1. The summed E-state index contributed by atoms with van der Waals surface area (Å²) in [5, 5.41) is 3.50. The second-order valence-electron chi connectivity index (χ2n) is 5.01. The van der Waals surface area contributed by atoms with Gasteiger partial charge in [0, 0.05) is 13.2 Å². The van der Waals surface area contributed by atoms with Crippen LogP contribution in [-0.2, 0) is 16.1 Å². The molecular formula is C15H20ClNO3. The van der Waals surface area contributed by atoms with Crippen molar-refractivity contribution in [1.82, 2.24) is 5.32 Å². The Balaban J connectivity index is 1.91. The van der Waals surface area contributed by atoms with Crippen LogP contribution in [0.25, 0.3) is 0 Å². The van der Waals surface area contributed by atoms with Gasteiger partial charge in [-0.3, -0.25) is 4.79 Å². The monoisotopic (exact) mass is 297 g/mol. The van der Waals surface area contributed by atoms with Crippen LogP contribution >= 0.6 is 11.6 Å². The SMILES string of the molecule is COc1ccc(CNC(=O)[C@H]2CCCO[C@H]2C)cc1Cl. The lowest BCUT2D eigenvalue weighted by molar-refractivity contribution is -0.133. The molecule has 0 unspecified atom stereocenters. The maximum atomic E-state index is 12.1. The van der Waals surface area contributed by atoms with Crippen molar-refractivity contribution in [1.29, 1.82) is 0 Å². The van der Waals surface area contributed by atoms with Crippen molar-refractivity contribution in [3.05, 3.63) is 28.8 Å². The molecule has 0 spiro atoms. The summed E-state index contributed by atoms with van der Waals surface area (Å²) < 4.78 is 10.6. The van der Waals surface area contributed by atoms with Crippen LogP contribution in [0.5, 0.6) is 5.75 Å². The molecular weight excluding hydrogens is 278 g/mol. The zero-order valence-electron chi connectivity index (χ0n) is 11.8. The number of hydrogen-bond acceptors (Lipinski definition) is 3. The number of carbonyl (C=O) groups is 1. The van der Waals surface area contributed by atoms with Gasteiger partial charge in [-0.15, -0.1) is 0 Å². The van der Waals surface area contributed by atoms with Crippen LogP contribution in [0.15, 0.2) is 18.2 Å². The van der Waals surface area contributed by atoms with E-state index in [0.29, 0.717) is 17.3 Å². The molecule has 0 radical (unpaired) electrons. The summed E-state index contributed by atoms with van der Waals surface area (Å²) in [6.07, 6.45) is 1.82. The van der Waals surface area contributed by atoms with E-state index >= 15 is 0 Å². The van der Waals surface area contributed by atoms with Crippen LogP contribution in [0.4, 0.5) is 0 Å². The van der Waals surface area contributed by atoms with Crippen LogP contribution in [0.3, 0.4) is 0 Å². The number of methoxy groups -OCH3 is 1. The fraction of sp³-hybridized carbons (Fsp3) is 0.533. The Morgan fingerprint density at radius 3 is 3.00 bits per heavy atom. The Bertz CT molecular complexity index is 478. The number of nitrogens with one attached hydrogen (secondary N) is 1. The van der Waals surface area contributed by atoms with Crippen molar-refractivity contribution >= 4 is 17.5 Å². The molecule has 1 fully saturated rings. The van der Waals surface area contributed by atoms with Gasteiger partial charge in [0.1, 0.15) is 5.75 Å². The average molecular weight is 298 g/mol. The van der Waals surface area contributed by atoms with Gasteiger partial charge < -0.3 is 14.8 Å². The number of ether oxygens (including phenoxy) is 2. The van der Waals surface area contributed by atoms with E-state index in [1.54, 1.807) is 13.2 Å². The van der Waals surface area contributed by atoms with Crippen molar-refractivity contribution in [2.75, 3.05) is 13.7 Å². The summed E-state index contributed by atoms with van der Waals surface area (Å²) in [7, 11) is 1.58. The molecule has 1 aromatic rings. The minimum atomic E-state index is -0.0579. The van der Waals surface area contributed by atoms with Gasteiger partial charge in [0.2, 0.25) is 5.91 Å². The lowest BCUT2D eigenvalue weighted by Crippen LogP contribution is -2.39. The molecule has 0 bridgehead atoms. The Kier molecular flexibility index (Phi) is 5.26. The van der Waals surface area contributed by atoms with Crippen LogP contribution in [0, 0.1) is 5.92 Å². The van der Waals surface area contributed by atoms with E-state index in [1.165, 1.54) is 0 Å². The van der Waals surface area contributed by atoms with Crippen molar-refractivity contribution in [2.45, 2.75) is 32.4 Å². The van der Waals surface area contributed by atoms with Gasteiger partial charge >= 0.3 is 0 Å². The van der Waals surface area contributed by atoms with Gasteiger partial charge in [0.25, 0.3) is 0 Å². The first-order chi connectivity index (χ1) is 9.61. The zero-order valence-corrected chi connectivity index (χ0v) is 12.6. The number of amides is 1. The first kappa shape index (κ1) is 15.1. The topological polar surface area (TPSA) is 47.6 Å². The molecule has 1 aliphatic heterocycles. The number of hydrogen-bond donors (Lipinski definition) is 1. The third-order valence-electron chi connectivity index (χ3n) is 3.63. The molecule has 5 heteroatoms. The molecule has 1 aromatic carbocycles. The largest absolute Gasteiger partial charge is 0.495 e. The summed E-state index contributed by atoms with van der Waals surface area (Å²) in [5.41, 5.74) is 0.952. The molecule has 0 aromatic heterocycles. The number of benzene rings is 1. The van der Waals surface area contributed by atoms with Gasteiger partial charge in [-0.1, -0.05) is 17.7 Å². The molecule has 110 valence electrons. The van der Waals surface area contributed by atoms with E-state index < -0.39 is 0 Å². The lowest BCUT2D eigenvalue weighted by atomic mass is 9.94. The van der Waals surface area contributed by atoms with Gasteiger partial charge in [-0.05, 0) is 37.5 Å². The molecule has 4 nitrogen and oxygen atoms in total. The summed E-state index contributed by atoms with van der Waals surface area (Å²) >= 11 is 6.06. The molecule has 1 amide bonds. The third-order valence-corrected chi connectivity index (χ3v) is 3.92. The highest BCUT2D eigenvalue weighted by Crippen LogP contribution is 2.25. The van der Waals surface area contributed by atoms with Crippen molar-refractivity contribution in [3.63, 3.8) is 0 Å². The summed E-state index contributed by atoms with van der Waals surface area (Å²) in [5.74, 6) is 0.623. The van der Waals surface area contributed by atoms with E-state index in [1.807, 2.05) is 19.1 Å². The van der Waals surface area contributed by atoms with Crippen molar-refractivity contribution in [2.24, 2.45) is 5.92 Å². The van der Waals surface area contributed by atoms with E-state index in [2.05, 4.69) is 5.32 Å². The molecule has 0 saturated carbocycles. The van der Waals surface area contributed by atoms with Crippen LogP contribution < -0.4 is 10.1 Å². The van der Waals surface area contributed by atoms with E-state index in [0.717, 1.165) is 25.0 Å². The van der Waals surface area contributed by atoms with E-state index in [4.69, 9.17) is 21.1 Å². The lowest BCUT2D eigenvalue weighted by Gasteiger charge is -2.28. The van der Waals surface area contributed by atoms with Gasteiger partial charge in [0.15, 0.2) is 0 Å². The smallest absolute Gasteiger partial charge is 0.225 e. The number of rotatable bonds is 4. The Labute approximate surface area is 124 Å². The normalized spacial score (nSPS) is 22.4. The maximum absolute atomic E-state index is 12.1. The fourth-order valence-electron chi connectivity index (χ4n) is 2.41. The van der Waals surface area contributed by atoms with Gasteiger partial charge in [-0.2, -0.15) is 0 Å². The van der Waals surface area contributed by atoms with Crippen LogP contribution in [0.1, 0.15) is 25.3 Å². The van der Waals surface area contributed by atoms with Crippen LogP contribution in [-0.4, -0.2) is 25.7 Å². The highest BCUT2D eigenvalue weighted by Gasteiger charge is 2.28. The molecule has 1 N–H and O–H groups in total. The summed E-state index contributed by atoms with van der Waals surface area (Å²) in [4.78, 5) is 12.1. The first-order valence-corrected chi connectivity index (χ1v) is 7.21. The summed E-state index contributed by atoms with van der Waals surface area (Å²) in [6, 6.07) is 5.50. The van der Waals surface area contributed by atoms with Gasteiger partial charge in [-0.25, -0.2) is 0 Å². The number of halogens is 1. The first-order valence-electron chi connectivity index (χ1n) is 6.83. The maximum Gasteiger partial charge on any atom is 0.225 e. The predicted molar refractivity (Wildman–Crippen MR) is 78.0 cm³/mol. The summed E-state index contributed by atoms with van der Waals surface area (Å²) in [6.45, 7) is 3.17. The van der Waals surface area contributed by atoms with E-state index in [9.17, 15) is 4.79 Å². The predicted octanol–water partition coefficient (Wildman–Crippen LogP) is 2.78. The average Bonchev–Trinajstić information content (AvgIpc) is 2.45. The van der Waals surface area contributed by atoms with Crippen LogP contribution in [0.2, 0.25) is 5.02 Å². The quantitative estimate of drug-likeness (QED) is 0.929. The van der Waals surface area contributed by atoms with Crippen molar-refractivity contribution in [3.8, 4) is 5.75 Å². The second-order valence-corrected chi connectivity index (χ2v) is 5.42. The molecule has 20 heavy (non-hydrogen) atoms. The molecule has 1 heterocycles. The molecule has 2 rings (SSSR count). The zero-order chi connectivity index (χ0) is 14.5. The molecule has 1 aliphatic rings. The van der Waals surface area contributed by atoms with E-state index in [-0.39, 0.29) is 17.9 Å². The van der Waals surface area contributed by atoms with Crippen molar-refractivity contribution < 1.29 is 14.3 Å². The third kappa shape index (κ3) is 3.64. The minimum absolute atomic E-state index is 0.0109. The fourth-order valence-corrected chi connectivity index (χ4v) is 2.69. The molecule has 1 saturated heterocycles. The molecule has 0 aliphatic carbocycles. The Hall–Kier alpha value is -1.26. The highest BCUT2D eigenvalue weighted by atomic mass is 35.5. The second kappa shape index (κ2) is 6.95. The van der Waals surface area contributed by atoms with Gasteiger partial charge in [0.05, 0.1) is 24.2 Å². The Morgan fingerprint density at radius 1 is 1.55 bits per heavy atom.